The van der Waals surface area contributed by atoms with Crippen LogP contribution >= 0.6 is 0 Å². The van der Waals surface area contributed by atoms with Crippen molar-refractivity contribution in [3.05, 3.63) is 70.8 Å². The highest BCUT2D eigenvalue weighted by Gasteiger charge is 2.11. The number of amides is 2. The Bertz CT molecular complexity index is 687. The number of carbonyl (C=O) groups is 1. The van der Waals surface area contributed by atoms with Gasteiger partial charge in [-0.2, -0.15) is 0 Å². The van der Waals surface area contributed by atoms with Gasteiger partial charge in [0.15, 0.2) is 0 Å². The number of nitrogens with one attached hydrogen (secondary N) is 2. The molecule has 0 aromatic heterocycles. The lowest BCUT2D eigenvalue weighted by Crippen LogP contribution is -2.38. The van der Waals surface area contributed by atoms with E-state index in [1.54, 1.807) is 6.07 Å². The SMILES string of the molecule is Cc1ccccc1C(O)CNC(=O)NCCc1cc(F)cc(F)c1. The fourth-order valence-corrected chi connectivity index (χ4v) is 2.40. The second-order valence-electron chi connectivity index (χ2n) is 5.54. The molecule has 2 aromatic carbocycles. The van der Waals surface area contributed by atoms with E-state index in [1.165, 1.54) is 12.1 Å². The maximum atomic E-state index is 13.0. The Morgan fingerprint density at radius 3 is 2.46 bits per heavy atom. The second-order valence-corrected chi connectivity index (χ2v) is 5.54. The molecule has 6 heteroatoms. The van der Waals surface area contributed by atoms with E-state index < -0.39 is 23.8 Å². The zero-order chi connectivity index (χ0) is 17.5. The van der Waals surface area contributed by atoms with Crippen molar-refractivity contribution < 1.29 is 18.7 Å². The Morgan fingerprint density at radius 1 is 1.12 bits per heavy atom. The highest BCUT2D eigenvalue weighted by molar-refractivity contribution is 5.73. The fourth-order valence-electron chi connectivity index (χ4n) is 2.40. The van der Waals surface area contributed by atoms with Gasteiger partial charge in [-0.15, -0.1) is 0 Å². The monoisotopic (exact) mass is 334 g/mol. The zero-order valence-electron chi connectivity index (χ0n) is 13.4. The Labute approximate surface area is 139 Å². The third kappa shape index (κ3) is 5.31. The van der Waals surface area contributed by atoms with Gasteiger partial charge >= 0.3 is 6.03 Å². The largest absolute Gasteiger partial charge is 0.387 e. The van der Waals surface area contributed by atoms with Crippen molar-refractivity contribution in [3.63, 3.8) is 0 Å². The number of urea groups is 1. The number of hydrogen-bond donors (Lipinski definition) is 3. The van der Waals surface area contributed by atoms with E-state index in [4.69, 9.17) is 0 Å². The average molecular weight is 334 g/mol. The Balaban J connectivity index is 1.74. The molecular formula is C18H20F2N2O2. The van der Waals surface area contributed by atoms with Crippen molar-refractivity contribution >= 4 is 6.03 Å². The third-order valence-corrected chi connectivity index (χ3v) is 3.63. The first kappa shape index (κ1) is 17.9. The minimum Gasteiger partial charge on any atom is -0.387 e. The highest BCUT2D eigenvalue weighted by atomic mass is 19.1. The standard InChI is InChI=1S/C18H20F2N2O2/c1-12-4-2-3-5-16(12)17(23)11-22-18(24)21-7-6-13-8-14(19)10-15(20)9-13/h2-5,8-10,17,23H,6-7,11H2,1H3,(H2,21,22,24). The smallest absolute Gasteiger partial charge is 0.314 e. The quantitative estimate of drug-likeness (QED) is 0.761. The number of aliphatic hydroxyl groups excluding tert-OH is 1. The van der Waals surface area contributed by atoms with Crippen molar-refractivity contribution in [2.75, 3.05) is 13.1 Å². The van der Waals surface area contributed by atoms with E-state index in [0.717, 1.165) is 17.2 Å². The molecule has 128 valence electrons. The molecule has 0 fully saturated rings. The summed E-state index contributed by atoms with van der Waals surface area (Å²) in [7, 11) is 0. The lowest BCUT2D eigenvalue weighted by Gasteiger charge is -2.15. The van der Waals surface area contributed by atoms with Crippen LogP contribution in [0.25, 0.3) is 0 Å². The Morgan fingerprint density at radius 2 is 1.79 bits per heavy atom. The van der Waals surface area contributed by atoms with Crippen LogP contribution in [0.15, 0.2) is 42.5 Å². The summed E-state index contributed by atoms with van der Waals surface area (Å²) in [4.78, 5) is 11.7. The topological polar surface area (TPSA) is 61.4 Å². The number of hydrogen-bond acceptors (Lipinski definition) is 2. The third-order valence-electron chi connectivity index (χ3n) is 3.63. The van der Waals surface area contributed by atoms with E-state index in [-0.39, 0.29) is 13.1 Å². The van der Waals surface area contributed by atoms with Crippen LogP contribution in [0.3, 0.4) is 0 Å². The molecule has 2 aromatic rings. The number of aliphatic hydroxyl groups is 1. The molecule has 0 radical (unpaired) electrons. The second kappa shape index (κ2) is 8.40. The van der Waals surface area contributed by atoms with Gasteiger partial charge in [-0.25, -0.2) is 13.6 Å². The van der Waals surface area contributed by atoms with Crippen LogP contribution in [0, 0.1) is 18.6 Å². The predicted molar refractivity (Wildman–Crippen MR) is 87.6 cm³/mol. The van der Waals surface area contributed by atoms with Gasteiger partial charge in [-0.05, 0) is 42.2 Å². The minimum atomic E-state index is -0.797. The first-order valence-electron chi connectivity index (χ1n) is 7.66. The van der Waals surface area contributed by atoms with Crippen LogP contribution in [0.2, 0.25) is 0 Å². The molecule has 24 heavy (non-hydrogen) atoms. The lowest BCUT2D eigenvalue weighted by atomic mass is 10.0. The molecule has 0 aliphatic heterocycles. The fraction of sp³-hybridized carbons (Fsp3) is 0.278. The molecule has 2 amide bonds. The van der Waals surface area contributed by atoms with Gasteiger partial charge in [-0.3, -0.25) is 0 Å². The summed E-state index contributed by atoms with van der Waals surface area (Å²) in [6, 6.07) is 10.2. The van der Waals surface area contributed by atoms with Gasteiger partial charge in [0, 0.05) is 19.2 Å². The minimum absolute atomic E-state index is 0.0747. The van der Waals surface area contributed by atoms with Gasteiger partial charge in [0.2, 0.25) is 0 Å². The molecule has 2 rings (SSSR count). The summed E-state index contributed by atoms with van der Waals surface area (Å²) in [6.45, 7) is 2.19. The van der Waals surface area contributed by atoms with Crippen molar-refractivity contribution in [1.82, 2.24) is 10.6 Å². The zero-order valence-corrected chi connectivity index (χ0v) is 13.4. The van der Waals surface area contributed by atoms with Crippen LogP contribution in [0.5, 0.6) is 0 Å². The van der Waals surface area contributed by atoms with E-state index in [0.29, 0.717) is 12.0 Å². The van der Waals surface area contributed by atoms with Gasteiger partial charge < -0.3 is 15.7 Å². The summed E-state index contributed by atoms with van der Waals surface area (Å²) in [6.07, 6.45) is -0.489. The molecule has 0 aliphatic carbocycles. The lowest BCUT2D eigenvalue weighted by molar-refractivity contribution is 0.172. The average Bonchev–Trinajstić information content (AvgIpc) is 2.52. The number of halogens is 2. The van der Waals surface area contributed by atoms with Crippen molar-refractivity contribution in [2.24, 2.45) is 0 Å². The molecule has 0 saturated heterocycles. The number of benzene rings is 2. The van der Waals surface area contributed by atoms with Crippen LogP contribution in [0.1, 0.15) is 22.8 Å². The Hall–Kier alpha value is -2.47. The molecule has 0 bridgehead atoms. The summed E-state index contributed by atoms with van der Waals surface area (Å²) in [5.74, 6) is -1.29. The van der Waals surface area contributed by atoms with Gasteiger partial charge in [-0.1, -0.05) is 24.3 Å². The van der Waals surface area contributed by atoms with Crippen LogP contribution in [0.4, 0.5) is 13.6 Å². The van der Waals surface area contributed by atoms with E-state index in [2.05, 4.69) is 10.6 Å². The first-order chi connectivity index (χ1) is 11.5. The Kier molecular flexibility index (Phi) is 6.26. The first-order valence-corrected chi connectivity index (χ1v) is 7.66. The summed E-state index contributed by atoms with van der Waals surface area (Å²) in [5.41, 5.74) is 2.17. The van der Waals surface area contributed by atoms with Gasteiger partial charge in [0.05, 0.1) is 6.10 Å². The molecule has 1 unspecified atom stereocenters. The molecule has 0 heterocycles. The van der Waals surface area contributed by atoms with Crippen LogP contribution in [-0.4, -0.2) is 24.2 Å². The maximum absolute atomic E-state index is 13.0. The van der Waals surface area contributed by atoms with Crippen LogP contribution < -0.4 is 10.6 Å². The van der Waals surface area contributed by atoms with Crippen molar-refractivity contribution in [2.45, 2.75) is 19.4 Å². The van der Waals surface area contributed by atoms with Crippen molar-refractivity contribution in [1.29, 1.82) is 0 Å². The molecule has 1 atom stereocenters. The summed E-state index contributed by atoms with van der Waals surface area (Å²) < 4.78 is 26.1. The maximum Gasteiger partial charge on any atom is 0.314 e. The molecule has 3 N–H and O–H groups in total. The van der Waals surface area contributed by atoms with Crippen molar-refractivity contribution in [3.8, 4) is 0 Å². The molecule has 0 spiro atoms. The molecule has 0 saturated carbocycles. The van der Waals surface area contributed by atoms with Gasteiger partial charge in [0.25, 0.3) is 0 Å². The number of rotatable bonds is 6. The summed E-state index contributed by atoms with van der Waals surface area (Å²) in [5, 5.41) is 15.2. The van der Waals surface area contributed by atoms with E-state index in [9.17, 15) is 18.7 Å². The van der Waals surface area contributed by atoms with E-state index in [1.807, 2.05) is 25.1 Å². The number of aryl methyl sites for hydroxylation is 1. The predicted octanol–water partition coefficient (Wildman–Crippen LogP) is 2.85. The molecule has 0 aliphatic rings. The molecular weight excluding hydrogens is 314 g/mol. The normalized spacial score (nSPS) is 11.8. The number of carbonyl (C=O) groups excluding carboxylic acids is 1. The van der Waals surface area contributed by atoms with E-state index >= 15 is 0 Å². The highest BCUT2D eigenvalue weighted by Crippen LogP contribution is 2.16. The molecule has 4 nitrogen and oxygen atoms in total. The van der Waals surface area contributed by atoms with Gasteiger partial charge in [0.1, 0.15) is 11.6 Å². The summed E-state index contributed by atoms with van der Waals surface area (Å²) >= 11 is 0. The van der Waals surface area contributed by atoms with Crippen LogP contribution in [-0.2, 0) is 6.42 Å².